The largest absolute Gasteiger partial charge is 0.456 e. The smallest absolute Gasteiger partial charge is 0.138 e. The summed E-state index contributed by atoms with van der Waals surface area (Å²) in [5.74, 6) is 1.82. The molecule has 9 aromatic carbocycles. The van der Waals surface area contributed by atoms with Crippen LogP contribution >= 0.6 is 0 Å². The summed E-state index contributed by atoms with van der Waals surface area (Å²) in [5.41, 5.74) is 15.3. The zero-order valence-electron chi connectivity index (χ0n) is 39.2. The third-order valence-corrected chi connectivity index (χ3v) is 13.8. The van der Waals surface area contributed by atoms with Gasteiger partial charge in [-0.1, -0.05) is 134 Å². The van der Waals surface area contributed by atoms with Crippen molar-refractivity contribution in [2.24, 2.45) is 0 Å². The second-order valence-corrected chi connectivity index (χ2v) is 19.4. The molecule has 2 heterocycles. The van der Waals surface area contributed by atoms with Crippen LogP contribution in [0.4, 0.5) is 34.1 Å². The fourth-order valence-corrected chi connectivity index (χ4v) is 9.85. The quantitative estimate of drug-likeness (QED) is 0.137. The van der Waals surface area contributed by atoms with E-state index in [1.54, 1.807) is 0 Å². The van der Waals surface area contributed by atoms with Crippen molar-refractivity contribution in [2.75, 3.05) is 9.80 Å². The first-order chi connectivity index (χ1) is 32.0. The minimum Gasteiger partial charge on any atom is -0.456 e. The average Bonchev–Trinajstić information content (AvgIpc) is 3.87. The maximum atomic E-state index is 6.93. The van der Waals surface area contributed by atoms with Gasteiger partial charge in [0.2, 0.25) is 0 Å². The third kappa shape index (κ3) is 7.16. The van der Waals surface area contributed by atoms with E-state index in [9.17, 15) is 0 Å². The van der Waals surface area contributed by atoms with Crippen LogP contribution in [0.25, 0.3) is 65.4 Å². The highest BCUT2D eigenvalue weighted by atomic mass is 16.3. The standard InChI is InChI=1S/C62H56N2O2/c1-37(2)41-13-22-47(23-14-41)63(48-24-15-42(16-25-48)38(3)4)51-30-21-45-32-54-55-34-60-56(35-59(55)65-58(54)33-46(45)31-51)62-53-12-10-9-11-52(53)57(36-61(62)66-60)64(49-26-17-43(18-27-49)39(5)6)50-28-19-44(20-29-50)40(7)8/h9-40H,1-8H3. The normalized spacial score (nSPS) is 12.2. The molecule has 11 aromatic rings. The highest BCUT2D eigenvalue weighted by Gasteiger charge is 2.23. The molecular formula is C62H56N2O2. The van der Waals surface area contributed by atoms with Crippen molar-refractivity contribution in [3.63, 3.8) is 0 Å². The van der Waals surface area contributed by atoms with Crippen molar-refractivity contribution in [2.45, 2.75) is 79.1 Å². The summed E-state index contributed by atoms with van der Waals surface area (Å²) in [6.45, 7) is 17.9. The molecule has 326 valence electrons. The summed E-state index contributed by atoms with van der Waals surface area (Å²) in [4.78, 5) is 4.74. The van der Waals surface area contributed by atoms with Gasteiger partial charge in [-0.05, 0) is 147 Å². The van der Waals surface area contributed by atoms with Crippen LogP contribution in [-0.4, -0.2) is 0 Å². The topological polar surface area (TPSA) is 32.8 Å². The van der Waals surface area contributed by atoms with Crippen molar-refractivity contribution in [1.82, 2.24) is 0 Å². The molecule has 0 aliphatic heterocycles. The van der Waals surface area contributed by atoms with Gasteiger partial charge in [-0.2, -0.15) is 0 Å². The van der Waals surface area contributed by atoms with Crippen LogP contribution in [0.15, 0.2) is 179 Å². The highest BCUT2D eigenvalue weighted by Crippen LogP contribution is 2.47. The van der Waals surface area contributed by atoms with E-state index in [1.807, 2.05) is 0 Å². The summed E-state index contributed by atoms with van der Waals surface area (Å²) >= 11 is 0. The van der Waals surface area contributed by atoms with E-state index >= 15 is 0 Å². The number of benzene rings is 9. The van der Waals surface area contributed by atoms with E-state index in [-0.39, 0.29) is 0 Å². The summed E-state index contributed by atoms with van der Waals surface area (Å²) in [6, 6.07) is 62.6. The SMILES string of the molecule is CC(C)c1ccc(N(c2ccc(C(C)C)cc2)c2ccc3cc4c(cc3c2)oc2cc3c(cc24)oc2cc(N(c4ccc(C(C)C)cc4)c4ccc(C(C)C)cc4)c4ccccc4c23)cc1. The average molecular weight is 861 g/mol. The zero-order chi connectivity index (χ0) is 45.4. The Morgan fingerprint density at radius 1 is 0.303 bits per heavy atom. The second kappa shape index (κ2) is 16.3. The molecular weight excluding hydrogens is 805 g/mol. The molecule has 0 saturated heterocycles. The Labute approximate surface area is 387 Å². The minimum atomic E-state index is 0.447. The van der Waals surface area contributed by atoms with Crippen molar-refractivity contribution >= 4 is 99.5 Å². The van der Waals surface area contributed by atoms with Crippen molar-refractivity contribution in [3.8, 4) is 0 Å². The first-order valence-electron chi connectivity index (χ1n) is 23.7. The van der Waals surface area contributed by atoms with Gasteiger partial charge in [-0.25, -0.2) is 0 Å². The van der Waals surface area contributed by atoms with E-state index < -0.39 is 0 Å². The summed E-state index contributed by atoms with van der Waals surface area (Å²) in [6.07, 6.45) is 0. The molecule has 0 saturated carbocycles. The zero-order valence-corrected chi connectivity index (χ0v) is 39.2. The van der Waals surface area contributed by atoms with Crippen LogP contribution in [-0.2, 0) is 0 Å². The molecule has 0 spiro atoms. The molecule has 11 rings (SSSR count). The molecule has 66 heavy (non-hydrogen) atoms. The maximum absolute atomic E-state index is 6.93. The minimum absolute atomic E-state index is 0.447. The highest BCUT2D eigenvalue weighted by molar-refractivity contribution is 6.25. The molecule has 2 aromatic heterocycles. The summed E-state index contributed by atoms with van der Waals surface area (Å²) in [7, 11) is 0. The Bertz CT molecular complexity index is 3470. The molecule has 4 heteroatoms. The lowest BCUT2D eigenvalue weighted by Crippen LogP contribution is -2.11. The fourth-order valence-electron chi connectivity index (χ4n) is 9.85. The van der Waals surface area contributed by atoms with Crippen LogP contribution in [0.5, 0.6) is 0 Å². The molecule has 0 radical (unpaired) electrons. The molecule has 0 unspecified atom stereocenters. The number of hydrogen-bond donors (Lipinski definition) is 0. The Hall–Kier alpha value is -7.30. The predicted molar refractivity (Wildman–Crippen MR) is 282 cm³/mol. The fraction of sp³-hybridized carbons (Fsp3) is 0.194. The van der Waals surface area contributed by atoms with Crippen LogP contribution in [0.3, 0.4) is 0 Å². The molecule has 4 nitrogen and oxygen atoms in total. The van der Waals surface area contributed by atoms with Gasteiger partial charge >= 0.3 is 0 Å². The molecule has 0 aliphatic rings. The first-order valence-corrected chi connectivity index (χ1v) is 23.7. The van der Waals surface area contributed by atoms with Gasteiger partial charge in [0, 0.05) is 61.4 Å². The predicted octanol–water partition coefficient (Wildman–Crippen LogP) is 19.2. The maximum Gasteiger partial charge on any atom is 0.138 e. The van der Waals surface area contributed by atoms with Gasteiger partial charge in [0.1, 0.15) is 22.3 Å². The van der Waals surface area contributed by atoms with Gasteiger partial charge in [0.15, 0.2) is 0 Å². The first kappa shape index (κ1) is 41.4. The molecule has 0 N–H and O–H groups in total. The summed E-state index contributed by atoms with van der Waals surface area (Å²) < 4.78 is 13.7. The number of fused-ring (bicyclic) bond motifs is 9. The number of furan rings is 2. The van der Waals surface area contributed by atoms with E-state index in [0.29, 0.717) is 23.7 Å². The van der Waals surface area contributed by atoms with E-state index in [4.69, 9.17) is 8.83 Å². The lowest BCUT2D eigenvalue weighted by atomic mass is 9.98. The summed E-state index contributed by atoms with van der Waals surface area (Å²) in [5, 5.41) is 8.82. The Morgan fingerprint density at radius 3 is 1.23 bits per heavy atom. The van der Waals surface area contributed by atoms with Gasteiger partial charge in [0.05, 0.1) is 5.69 Å². The van der Waals surface area contributed by atoms with Crippen LogP contribution in [0.1, 0.15) is 101 Å². The molecule has 0 atom stereocenters. The van der Waals surface area contributed by atoms with Crippen molar-refractivity contribution in [3.05, 3.63) is 192 Å². The molecule has 0 bridgehead atoms. The number of anilines is 6. The van der Waals surface area contributed by atoms with Crippen molar-refractivity contribution < 1.29 is 8.83 Å². The lowest BCUT2D eigenvalue weighted by molar-refractivity contribution is 0.664. The monoisotopic (exact) mass is 860 g/mol. The van der Waals surface area contributed by atoms with Gasteiger partial charge in [-0.3, -0.25) is 0 Å². The Morgan fingerprint density at radius 2 is 0.712 bits per heavy atom. The Balaban J connectivity index is 1.04. The number of hydrogen-bond acceptors (Lipinski definition) is 4. The van der Waals surface area contributed by atoms with E-state index in [0.717, 1.165) is 99.5 Å². The number of nitrogens with zero attached hydrogens (tertiary/aromatic N) is 2. The third-order valence-electron chi connectivity index (χ3n) is 13.8. The van der Waals surface area contributed by atoms with E-state index in [1.165, 1.54) is 22.3 Å². The lowest BCUT2D eigenvalue weighted by Gasteiger charge is -2.27. The molecule has 0 aliphatic carbocycles. The van der Waals surface area contributed by atoms with Gasteiger partial charge in [-0.15, -0.1) is 0 Å². The van der Waals surface area contributed by atoms with Gasteiger partial charge < -0.3 is 18.6 Å². The van der Waals surface area contributed by atoms with E-state index in [2.05, 4.69) is 235 Å². The molecule has 0 fully saturated rings. The second-order valence-electron chi connectivity index (χ2n) is 19.4. The van der Waals surface area contributed by atoms with Crippen LogP contribution in [0.2, 0.25) is 0 Å². The Kier molecular flexibility index (Phi) is 10.2. The van der Waals surface area contributed by atoms with Crippen LogP contribution in [0, 0.1) is 0 Å². The number of rotatable bonds is 10. The van der Waals surface area contributed by atoms with Gasteiger partial charge in [0.25, 0.3) is 0 Å². The molecule has 0 amide bonds. The van der Waals surface area contributed by atoms with Crippen molar-refractivity contribution in [1.29, 1.82) is 0 Å². The van der Waals surface area contributed by atoms with Crippen LogP contribution < -0.4 is 9.80 Å².